The largest absolute Gasteiger partial charge is 0.497 e. The van der Waals surface area contributed by atoms with Gasteiger partial charge >= 0.3 is 0 Å². The van der Waals surface area contributed by atoms with E-state index < -0.39 is 0 Å². The minimum absolute atomic E-state index is 0.0689. The number of hydrogen-bond acceptors (Lipinski definition) is 9. The molecule has 0 bridgehead atoms. The first kappa shape index (κ1) is 18.9. The van der Waals surface area contributed by atoms with Crippen molar-refractivity contribution in [3.05, 3.63) is 30.1 Å². The monoisotopic (exact) mass is 386 g/mol. The Morgan fingerprint density at radius 1 is 1.11 bits per heavy atom. The van der Waals surface area contributed by atoms with Crippen molar-refractivity contribution in [3.63, 3.8) is 0 Å². The molecule has 1 atom stereocenters. The van der Waals surface area contributed by atoms with Gasteiger partial charge in [-0.25, -0.2) is 0 Å². The van der Waals surface area contributed by atoms with Crippen molar-refractivity contribution in [2.75, 3.05) is 31.8 Å². The number of nitrogen functional groups attached to an aromatic ring is 1. The summed E-state index contributed by atoms with van der Waals surface area (Å²) >= 11 is 1.51. The summed E-state index contributed by atoms with van der Waals surface area (Å²) in [5.41, 5.74) is 6.78. The molecule has 10 heteroatoms. The van der Waals surface area contributed by atoms with E-state index >= 15 is 0 Å². The van der Waals surface area contributed by atoms with Crippen LogP contribution in [0.25, 0.3) is 11.4 Å². The van der Waals surface area contributed by atoms with Crippen molar-refractivity contribution in [1.82, 2.24) is 29.7 Å². The summed E-state index contributed by atoms with van der Waals surface area (Å²) in [5.74, 6) is 2.91. The number of ether oxygens (including phenoxy) is 1. The Kier molecular flexibility index (Phi) is 5.45. The highest BCUT2D eigenvalue weighted by Gasteiger charge is 2.19. The summed E-state index contributed by atoms with van der Waals surface area (Å²) < 4.78 is 7.14. The number of thioether (sulfide) groups is 1. The Balaban J connectivity index is 1.83. The molecule has 0 aliphatic rings. The molecule has 1 aromatic carbocycles. The Bertz CT molecular complexity index is 925. The van der Waals surface area contributed by atoms with E-state index in [0.29, 0.717) is 11.8 Å². The van der Waals surface area contributed by atoms with E-state index in [2.05, 4.69) is 25.1 Å². The molecule has 9 nitrogen and oxygen atoms in total. The van der Waals surface area contributed by atoms with Crippen LogP contribution in [-0.4, -0.2) is 50.9 Å². The number of aromatic nitrogens is 6. The molecule has 3 rings (SSSR count). The third kappa shape index (κ3) is 4.11. The normalized spacial score (nSPS) is 12.0. The fourth-order valence-electron chi connectivity index (χ4n) is 2.40. The van der Waals surface area contributed by atoms with Gasteiger partial charge in [0.1, 0.15) is 11.6 Å². The van der Waals surface area contributed by atoms with Crippen LogP contribution in [0.1, 0.15) is 18.0 Å². The van der Waals surface area contributed by atoms with E-state index in [4.69, 9.17) is 10.5 Å². The third-order valence-electron chi connectivity index (χ3n) is 3.89. The Morgan fingerprint density at radius 2 is 1.81 bits per heavy atom. The molecule has 0 aliphatic carbocycles. The highest BCUT2D eigenvalue weighted by atomic mass is 32.2. The van der Waals surface area contributed by atoms with Crippen molar-refractivity contribution in [1.29, 1.82) is 0 Å². The van der Waals surface area contributed by atoms with E-state index in [9.17, 15) is 0 Å². The molecule has 0 amide bonds. The van der Waals surface area contributed by atoms with Gasteiger partial charge in [0.15, 0.2) is 11.0 Å². The Hall–Kier alpha value is -2.88. The zero-order valence-corrected chi connectivity index (χ0v) is 16.7. The van der Waals surface area contributed by atoms with Crippen molar-refractivity contribution < 1.29 is 4.74 Å². The quantitative estimate of drug-likeness (QED) is 0.638. The Morgan fingerprint density at radius 3 is 2.44 bits per heavy atom. The molecule has 0 fully saturated rings. The average molecular weight is 386 g/mol. The molecular formula is C17H22N8OS. The molecule has 0 saturated heterocycles. The minimum Gasteiger partial charge on any atom is -0.497 e. The van der Waals surface area contributed by atoms with Gasteiger partial charge in [0.05, 0.1) is 12.4 Å². The van der Waals surface area contributed by atoms with E-state index in [-0.39, 0.29) is 11.2 Å². The fourth-order valence-corrected chi connectivity index (χ4v) is 3.26. The molecule has 2 heterocycles. The van der Waals surface area contributed by atoms with Gasteiger partial charge in [-0.05, 0) is 31.2 Å². The summed E-state index contributed by atoms with van der Waals surface area (Å²) in [6.45, 7) is 2.00. The molecule has 0 saturated carbocycles. The average Bonchev–Trinajstić information content (AvgIpc) is 3.01. The second kappa shape index (κ2) is 7.78. The summed E-state index contributed by atoms with van der Waals surface area (Å²) in [6.07, 6.45) is 0. The highest BCUT2D eigenvalue weighted by Crippen LogP contribution is 2.34. The lowest BCUT2D eigenvalue weighted by atomic mass is 10.2. The smallest absolute Gasteiger partial charge is 0.229 e. The van der Waals surface area contributed by atoms with Crippen LogP contribution in [0.15, 0.2) is 29.4 Å². The van der Waals surface area contributed by atoms with Crippen LogP contribution in [0.3, 0.4) is 0 Å². The van der Waals surface area contributed by atoms with E-state index in [0.717, 1.165) is 22.3 Å². The lowest BCUT2D eigenvalue weighted by Gasteiger charge is -2.14. The zero-order chi connectivity index (χ0) is 19.6. The van der Waals surface area contributed by atoms with Crippen molar-refractivity contribution in [2.24, 2.45) is 7.05 Å². The maximum absolute atomic E-state index is 5.82. The molecule has 3 aromatic rings. The minimum atomic E-state index is -0.0689. The first-order chi connectivity index (χ1) is 12.9. The van der Waals surface area contributed by atoms with Crippen molar-refractivity contribution >= 4 is 23.7 Å². The van der Waals surface area contributed by atoms with Crippen LogP contribution in [0.2, 0.25) is 0 Å². The molecule has 142 valence electrons. The standard InChI is InChI=1S/C17H22N8OS/c1-10(13-19-15(18)21-16(20-13)24(2)3)27-17-23-22-14(25(17)4)11-6-8-12(26-5)9-7-11/h6-10H,1-5H3,(H2,18,19,20,21). The second-order valence-electron chi connectivity index (χ2n) is 6.10. The predicted molar refractivity (Wildman–Crippen MR) is 106 cm³/mol. The second-order valence-corrected chi connectivity index (χ2v) is 7.41. The number of anilines is 2. The van der Waals surface area contributed by atoms with E-state index in [1.165, 1.54) is 11.8 Å². The molecule has 0 aliphatic heterocycles. The third-order valence-corrected chi connectivity index (χ3v) is 5.02. The van der Waals surface area contributed by atoms with Crippen LogP contribution in [0, 0.1) is 0 Å². The first-order valence-corrected chi connectivity index (χ1v) is 9.16. The topological polar surface area (TPSA) is 108 Å². The maximum atomic E-state index is 5.82. The maximum Gasteiger partial charge on any atom is 0.229 e. The summed E-state index contributed by atoms with van der Waals surface area (Å²) in [4.78, 5) is 14.7. The van der Waals surface area contributed by atoms with Gasteiger partial charge in [-0.3, -0.25) is 0 Å². The summed E-state index contributed by atoms with van der Waals surface area (Å²) in [7, 11) is 7.30. The number of rotatable bonds is 6. The van der Waals surface area contributed by atoms with Crippen LogP contribution in [0.5, 0.6) is 5.75 Å². The van der Waals surface area contributed by atoms with Gasteiger partial charge in [0, 0.05) is 26.7 Å². The number of nitrogens with zero attached hydrogens (tertiary/aromatic N) is 7. The van der Waals surface area contributed by atoms with Gasteiger partial charge in [0.2, 0.25) is 11.9 Å². The molecule has 2 N–H and O–H groups in total. The molecule has 0 radical (unpaired) electrons. The van der Waals surface area contributed by atoms with Gasteiger partial charge < -0.3 is 19.9 Å². The van der Waals surface area contributed by atoms with Crippen LogP contribution in [-0.2, 0) is 7.05 Å². The lowest BCUT2D eigenvalue weighted by molar-refractivity contribution is 0.415. The van der Waals surface area contributed by atoms with Crippen molar-refractivity contribution in [2.45, 2.75) is 17.3 Å². The van der Waals surface area contributed by atoms with E-state index in [1.807, 2.05) is 56.9 Å². The molecule has 1 unspecified atom stereocenters. The van der Waals surface area contributed by atoms with Crippen molar-refractivity contribution in [3.8, 4) is 17.1 Å². The van der Waals surface area contributed by atoms with Crippen LogP contribution in [0.4, 0.5) is 11.9 Å². The number of methoxy groups -OCH3 is 1. The molecule has 27 heavy (non-hydrogen) atoms. The van der Waals surface area contributed by atoms with E-state index in [1.54, 1.807) is 12.0 Å². The molecule has 0 spiro atoms. The highest BCUT2D eigenvalue weighted by molar-refractivity contribution is 7.99. The number of nitrogens with two attached hydrogens (primary N) is 1. The van der Waals surface area contributed by atoms with Gasteiger partial charge in [-0.2, -0.15) is 15.0 Å². The summed E-state index contributed by atoms with van der Waals surface area (Å²) in [6, 6.07) is 7.71. The molecular weight excluding hydrogens is 364 g/mol. The van der Waals surface area contributed by atoms with Crippen LogP contribution >= 0.6 is 11.8 Å². The number of hydrogen-bond donors (Lipinski definition) is 1. The predicted octanol–water partition coefficient (Wildman–Crippen LogP) is 2.18. The lowest BCUT2D eigenvalue weighted by Crippen LogP contribution is -2.16. The zero-order valence-electron chi connectivity index (χ0n) is 15.9. The Labute approximate surface area is 162 Å². The first-order valence-electron chi connectivity index (χ1n) is 8.28. The van der Waals surface area contributed by atoms with Gasteiger partial charge in [-0.1, -0.05) is 11.8 Å². The molecule has 2 aromatic heterocycles. The fraction of sp³-hybridized carbons (Fsp3) is 0.353. The summed E-state index contributed by atoms with van der Waals surface area (Å²) in [5, 5.41) is 9.32. The SMILES string of the molecule is COc1ccc(-c2nnc(SC(C)c3nc(N)nc(N(C)C)n3)n2C)cc1. The van der Waals surface area contributed by atoms with Gasteiger partial charge in [-0.15, -0.1) is 10.2 Å². The number of benzene rings is 1. The van der Waals surface area contributed by atoms with Crippen LogP contribution < -0.4 is 15.4 Å². The van der Waals surface area contributed by atoms with Gasteiger partial charge in [0.25, 0.3) is 0 Å².